The highest BCUT2D eigenvalue weighted by molar-refractivity contribution is 7.21. The van der Waals surface area contributed by atoms with Crippen LogP contribution in [0.5, 0.6) is 0 Å². The molecule has 2 aromatic rings. The van der Waals surface area contributed by atoms with E-state index >= 15 is 0 Å². The first-order valence-electron chi connectivity index (χ1n) is 6.74. The van der Waals surface area contributed by atoms with Crippen LogP contribution in [-0.4, -0.2) is 34.8 Å². The molecule has 2 heterocycles. The van der Waals surface area contributed by atoms with Gasteiger partial charge in [-0.2, -0.15) is 18.3 Å². The number of hydrogen-bond donors (Lipinski definition) is 1. The van der Waals surface area contributed by atoms with Crippen molar-refractivity contribution in [2.45, 2.75) is 32.2 Å². The summed E-state index contributed by atoms with van der Waals surface area (Å²) in [4.78, 5) is 0.702. The molecule has 0 aliphatic carbocycles. The van der Waals surface area contributed by atoms with Crippen LogP contribution in [-0.2, 0) is 0 Å². The largest absolute Gasteiger partial charge is 0.438 e. The highest BCUT2D eigenvalue weighted by Crippen LogP contribution is 2.42. The Morgan fingerprint density at radius 2 is 2.00 bits per heavy atom. The highest BCUT2D eigenvalue weighted by Gasteiger charge is 2.60. The van der Waals surface area contributed by atoms with Crippen molar-refractivity contribution in [3.8, 4) is 0 Å². The van der Waals surface area contributed by atoms with E-state index < -0.39 is 18.3 Å². The van der Waals surface area contributed by atoms with Gasteiger partial charge in [-0.05, 0) is 30.9 Å². The first kappa shape index (κ1) is 15.3. The van der Waals surface area contributed by atoms with Gasteiger partial charge >= 0.3 is 6.18 Å². The highest BCUT2D eigenvalue weighted by atomic mass is 32.1. The molecular formula is C15H15F3N2OS. The van der Waals surface area contributed by atoms with Crippen LogP contribution >= 0.6 is 11.3 Å². The summed E-state index contributed by atoms with van der Waals surface area (Å²) in [6.45, 7) is 3.85. The summed E-state index contributed by atoms with van der Waals surface area (Å²) < 4.78 is 40.2. The fourth-order valence-electron chi connectivity index (χ4n) is 2.67. The monoisotopic (exact) mass is 328 g/mol. The molecule has 0 saturated heterocycles. The number of halogens is 3. The van der Waals surface area contributed by atoms with Gasteiger partial charge in [-0.15, -0.1) is 11.3 Å². The average molecular weight is 328 g/mol. The second-order valence-electron chi connectivity index (χ2n) is 5.62. The predicted molar refractivity (Wildman–Crippen MR) is 81.2 cm³/mol. The number of alkyl halides is 3. The molecule has 1 N–H and O–H groups in total. The van der Waals surface area contributed by atoms with Crippen molar-refractivity contribution >= 4 is 27.1 Å². The molecule has 1 aliphatic rings. The number of hydrazone groups is 1. The second kappa shape index (κ2) is 4.70. The Balaban J connectivity index is 2.07. The number of rotatable bonds is 1. The molecule has 1 atom stereocenters. The van der Waals surface area contributed by atoms with Gasteiger partial charge in [0, 0.05) is 11.7 Å². The van der Waals surface area contributed by atoms with Gasteiger partial charge < -0.3 is 5.11 Å². The van der Waals surface area contributed by atoms with Crippen molar-refractivity contribution in [1.29, 1.82) is 0 Å². The van der Waals surface area contributed by atoms with Crippen molar-refractivity contribution in [2.24, 2.45) is 5.10 Å². The summed E-state index contributed by atoms with van der Waals surface area (Å²) in [5.74, 6) is 0. The molecule has 118 valence electrons. The number of fused-ring (bicyclic) bond motifs is 1. The van der Waals surface area contributed by atoms with E-state index in [1.165, 1.54) is 11.3 Å². The number of benzene rings is 1. The Labute approximate surface area is 129 Å². The molecule has 0 radical (unpaired) electrons. The van der Waals surface area contributed by atoms with E-state index in [2.05, 4.69) is 5.10 Å². The van der Waals surface area contributed by atoms with Crippen LogP contribution in [0.15, 0.2) is 23.3 Å². The normalized spacial score (nSPS) is 22.5. The van der Waals surface area contributed by atoms with Crippen LogP contribution < -0.4 is 0 Å². The van der Waals surface area contributed by atoms with Crippen molar-refractivity contribution in [1.82, 2.24) is 5.01 Å². The minimum Gasteiger partial charge on any atom is -0.362 e. The molecule has 0 amide bonds. The molecule has 1 aliphatic heterocycles. The van der Waals surface area contributed by atoms with Crippen LogP contribution in [0.4, 0.5) is 13.2 Å². The van der Waals surface area contributed by atoms with Gasteiger partial charge in [0.1, 0.15) is 0 Å². The zero-order chi connectivity index (χ0) is 16.3. The molecule has 0 unspecified atom stereocenters. The Bertz CT molecular complexity index is 781. The Kier molecular flexibility index (Phi) is 3.27. The molecule has 3 nitrogen and oxygen atoms in total. The molecule has 0 fully saturated rings. The number of hydrogen-bond acceptors (Lipinski definition) is 4. The summed E-state index contributed by atoms with van der Waals surface area (Å²) in [6, 6.07) is 5.94. The molecule has 1 aromatic carbocycles. The molecule has 3 rings (SSSR count). The fourth-order valence-corrected chi connectivity index (χ4v) is 3.84. The lowest BCUT2D eigenvalue weighted by Crippen LogP contribution is -2.53. The van der Waals surface area contributed by atoms with E-state index in [1.54, 1.807) is 0 Å². The van der Waals surface area contributed by atoms with E-state index in [4.69, 9.17) is 0 Å². The molecule has 0 spiro atoms. The minimum atomic E-state index is -4.76. The maximum atomic E-state index is 13.1. The van der Waals surface area contributed by atoms with Crippen molar-refractivity contribution in [3.63, 3.8) is 0 Å². The number of thiophene rings is 1. The molecule has 1 aromatic heterocycles. The Hall–Kier alpha value is -1.60. The molecule has 0 bridgehead atoms. The van der Waals surface area contributed by atoms with Crippen LogP contribution in [0.1, 0.15) is 22.4 Å². The zero-order valence-electron chi connectivity index (χ0n) is 12.3. The van der Waals surface area contributed by atoms with E-state index in [-0.39, 0.29) is 5.71 Å². The van der Waals surface area contributed by atoms with Crippen LogP contribution in [0.2, 0.25) is 0 Å². The summed E-state index contributed by atoms with van der Waals surface area (Å²) in [7, 11) is 1.15. The van der Waals surface area contributed by atoms with Gasteiger partial charge in [0.2, 0.25) is 0 Å². The molecule has 7 heteroatoms. The summed E-state index contributed by atoms with van der Waals surface area (Å²) >= 11 is 1.41. The fraction of sp³-hybridized carbons (Fsp3) is 0.400. The third kappa shape index (κ3) is 2.11. The van der Waals surface area contributed by atoms with Crippen LogP contribution in [0, 0.1) is 13.8 Å². The molecule has 0 saturated carbocycles. The predicted octanol–water partition coefficient (Wildman–Crippen LogP) is 3.81. The molecular weight excluding hydrogens is 313 g/mol. The summed E-state index contributed by atoms with van der Waals surface area (Å²) in [5, 5.41) is 15.5. The second-order valence-corrected chi connectivity index (χ2v) is 6.67. The van der Waals surface area contributed by atoms with E-state index in [0.717, 1.165) is 28.3 Å². The number of nitrogens with zero attached hydrogens (tertiary/aromatic N) is 2. The van der Waals surface area contributed by atoms with Gasteiger partial charge in [-0.1, -0.05) is 17.7 Å². The maximum absolute atomic E-state index is 13.1. The van der Waals surface area contributed by atoms with E-state index in [0.29, 0.717) is 9.89 Å². The van der Waals surface area contributed by atoms with E-state index in [1.807, 2.05) is 32.0 Å². The van der Waals surface area contributed by atoms with Gasteiger partial charge in [-0.25, -0.2) is 0 Å². The average Bonchev–Trinajstić information content (AvgIpc) is 2.89. The third-order valence-electron chi connectivity index (χ3n) is 4.03. The first-order valence-corrected chi connectivity index (χ1v) is 7.55. The Morgan fingerprint density at radius 3 is 2.59 bits per heavy atom. The maximum Gasteiger partial charge on any atom is 0.438 e. The summed E-state index contributed by atoms with van der Waals surface area (Å²) in [6.07, 6.45) is -5.31. The zero-order valence-corrected chi connectivity index (χ0v) is 13.1. The topological polar surface area (TPSA) is 35.8 Å². The number of aryl methyl sites for hydroxylation is 2. The van der Waals surface area contributed by atoms with Crippen LogP contribution in [0.3, 0.4) is 0 Å². The summed E-state index contributed by atoms with van der Waals surface area (Å²) in [5.41, 5.74) is -0.654. The lowest BCUT2D eigenvalue weighted by molar-refractivity contribution is -0.303. The van der Waals surface area contributed by atoms with Gasteiger partial charge in [0.05, 0.1) is 17.0 Å². The number of aliphatic hydroxyl groups is 1. The van der Waals surface area contributed by atoms with E-state index in [9.17, 15) is 18.3 Å². The third-order valence-corrected chi connectivity index (χ3v) is 5.35. The van der Waals surface area contributed by atoms with Gasteiger partial charge in [-0.3, -0.25) is 5.01 Å². The quantitative estimate of drug-likeness (QED) is 0.864. The lowest BCUT2D eigenvalue weighted by atomic mass is 10.0. The SMILES string of the molecule is Cc1ccc2sc(C3=NN(C)[C@](O)(C(F)(F)F)C3)c(C)c2c1. The standard InChI is InChI=1S/C15H15F3N2OS/c1-8-4-5-12-10(6-8)9(2)13(22-12)11-7-14(21,15(16,17)18)20(3)19-11/h4-6,21H,7H2,1-3H3/t14-/m1/s1. The van der Waals surface area contributed by atoms with Crippen molar-refractivity contribution in [3.05, 3.63) is 34.2 Å². The lowest BCUT2D eigenvalue weighted by Gasteiger charge is -2.31. The first-order chi connectivity index (χ1) is 10.1. The molecule has 22 heavy (non-hydrogen) atoms. The van der Waals surface area contributed by atoms with Gasteiger partial charge in [0.15, 0.2) is 0 Å². The van der Waals surface area contributed by atoms with Crippen LogP contribution in [0.25, 0.3) is 10.1 Å². The minimum absolute atomic E-state index is 0.277. The smallest absolute Gasteiger partial charge is 0.362 e. The van der Waals surface area contributed by atoms with Crippen molar-refractivity contribution in [2.75, 3.05) is 7.05 Å². The van der Waals surface area contributed by atoms with Gasteiger partial charge in [0.25, 0.3) is 5.72 Å². The van der Waals surface area contributed by atoms with Crippen molar-refractivity contribution < 1.29 is 18.3 Å². The Morgan fingerprint density at radius 1 is 1.32 bits per heavy atom.